The molecule has 100 valence electrons. The Morgan fingerprint density at radius 2 is 2.39 bits per heavy atom. The van der Waals surface area contributed by atoms with E-state index in [2.05, 4.69) is 29.2 Å². The average molecular weight is 250 g/mol. The number of rotatable bonds is 5. The lowest BCUT2D eigenvalue weighted by Gasteiger charge is -2.20. The first-order chi connectivity index (χ1) is 8.72. The fourth-order valence-electron chi connectivity index (χ4n) is 3.00. The minimum atomic E-state index is 0.427. The molecule has 1 N–H and O–H groups in total. The molecule has 3 heterocycles. The SMILES string of the molecule is CC(C)Cn1ncnc1CNC1CC2CCC1O2. The van der Waals surface area contributed by atoms with Crippen LogP contribution in [0.4, 0.5) is 0 Å². The van der Waals surface area contributed by atoms with Crippen LogP contribution in [0, 0.1) is 5.92 Å². The maximum absolute atomic E-state index is 5.84. The van der Waals surface area contributed by atoms with Gasteiger partial charge in [-0.3, -0.25) is 0 Å². The lowest BCUT2D eigenvalue weighted by molar-refractivity contribution is 0.0971. The summed E-state index contributed by atoms with van der Waals surface area (Å²) in [4.78, 5) is 4.34. The molecule has 2 aliphatic heterocycles. The Balaban J connectivity index is 1.55. The molecular weight excluding hydrogens is 228 g/mol. The van der Waals surface area contributed by atoms with E-state index in [9.17, 15) is 0 Å². The van der Waals surface area contributed by atoms with Crippen LogP contribution in [0.3, 0.4) is 0 Å². The average Bonchev–Trinajstić information content (AvgIpc) is 3.01. The van der Waals surface area contributed by atoms with Gasteiger partial charge >= 0.3 is 0 Å². The van der Waals surface area contributed by atoms with E-state index in [4.69, 9.17) is 4.74 Å². The van der Waals surface area contributed by atoms with Crippen molar-refractivity contribution in [1.29, 1.82) is 0 Å². The van der Waals surface area contributed by atoms with Crippen molar-refractivity contribution >= 4 is 0 Å². The van der Waals surface area contributed by atoms with E-state index >= 15 is 0 Å². The van der Waals surface area contributed by atoms with Crippen LogP contribution in [0.1, 0.15) is 38.9 Å². The Labute approximate surface area is 108 Å². The summed E-state index contributed by atoms with van der Waals surface area (Å²) in [5, 5.41) is 7.86. The van der Waals surface area contributed by atoms with Crippen molar-refractivity contribution in [3.05, 3.63) is 12.2 Å². The van der Waals surface area contributed by atoms with Gasteiger partial charge in [-0.25, -0.2) is 9.67 Å². The number of aromatic nitrogens is 3. The van der Waals surface area contributed by atoms with Gasteiger partial charge in [-0.2, -0.15) is 5.10 Å². The molecule has 0 amide bonds. The second-order valence-corrected chi connectivity index (χ2v) is 5.85. The molecule has 1 aromatic heterocycles. The molecule has 0 spiro atoms. The van der Waals surface area contributed by atoms with Gasteiger partial charge < -0.3 is 10.1 Å². The van der Waals surface area contributed by atoms with E-state index in [1.54, 1.807) is 6.33 Å². The van der Waals surface area contributed by atoms with Crippen molar-refractivity contribution in [2.45, 2.75) is 64.4 Å². The maximum Gasteiger partial charge on any atom is 0.140 e. The second-order valence-electron chi connectivity index (χ2n) is 5.85. The number of fused-ring (bicyclic) bond motifs is 2. The molecular formula is C13H22N4O. The fraction of sp³-hybridized carbons (Fsp3) is 0.846. The Morgan fingerprint density at radius 3 is 3.06 bits per heavy atom. The van der Waals surface area contributed by atoms with Gasteiger partial charge in [0.2, 0.25) is 0 Å². The van der Waals surface area contributed by atoms with E-state index in [0.29, 0.717) is 24.2 Å². The number of ether oxygens (including phenoxy) is 1. The fourth-order valence-corrected chi connectivity index (χ4v) is 3.00. The predicted octanol–water partition coefficient (Wildman–Crippen LogP) is 1.34. The van der Waals surface area contributed by atoms with Gasteiger partial charge in [-0.05, 0) is 25.2 Å². The van der Waals surface area contributed by atoms with Crippen LogP contribution in [-0.4, -0.2) is 33.0 Å². The minimum absolute atomic E-state index is 0.427. The maximum atomic E-state index is 5.84. The van der Waals surface area contributed by atoms with E-state index < -0.39 is 0 Å². The standard InChI is InChI=1S/C13H22N4O/c1-9(2)7-17-13(15-8-16-17)6-14-11-5-10-3-4-12(11)18-10/h8-12,14H,3-7H2,1-2H3. The van der Waals surface area contributed by atoms with Crippen molar-refractivity contribution in [1.82, 2.24) is 20.1 Å². The van der Waals surface area contributed by atoms with E-state index in [1.807, 2.05) is 4.68 Å². The molecule has 0 aliphatic carbocycles. The first-order valence-electron chi connectivity index (χ1n) is 6.98. The highest BCUT2D eigenvalue weighted by Gasteiger charge is 2.40. The van der Waals surface area contributed by atoms with Crippen LogP contribution in [0.5, 0.6) is 0 Å². The quantitative estimate of drug-likeness (QED) is 0.857. The lowest BCUT2D eigenvalue weighted by Crippen LogP contribution is -2.37. The summed E-state index contributed by atoms with van der Waals surface area (Å²) >= 11 is 0. The third-order valence-electron chi connectivity index (χ3n) is 3.86. The monoisotopic (exact) mass is 250 g/mol. The van der Waals surface area contributed by atoms with Gasteiger partial charge in [0.05, 0.1) is 18.8 Å². The Kier molecular flexibility index (Phi) is 3.35. The van der Waals surface area contributed by atoms with E-state index in [-0.39, 0.29) is 0 Å². The molecule has 0 saturated carbocycles. The number of hydrogen-bond donors (Lipinski definition) is 1. The lowest BCUT2D eigenvalue weighted by atomic mass is 9.95. The van der Waals surface area contributed by atoms with Crippen molar-refractivity contribution < 1.29 is 4.74 Å². The first-order valence-corrected chi connectivity index (χ1v) is 6.98. The van der Waals surface area contributed by atoms with Gasteiger partial charge in [-0.1, -0.05) is 13.8 Å². The number of hydrogen-bond acceptors (Lipinski definition) is 4. The van der Waals surface area contributed by atoms with Gasteiger partial charge in [0.25, 0.3) is 0 Å². The van der Waals surface area contributed by atoms with Crippen LogP contribution in [0.25, 0.3) is 0 Å². The topological polar surface area (TPSA) is 52.0 Å². The van der Waals surface area contributed by atoms with Crippen LogP contribution in [-0.2, 0) is 17.8 Å². The molecule has 5 heteroatoms. The van der Waals surface area contributed by atoms with Crippen molar-refractivity contribution in [2.75, 3.05) is 0 Å². The highest BCUT2D eigenvalue weighted by molar-refractivity contribution is 4.95. The molecule has 2 bridgehead atoms. The van der Waals surface area contributed by atoms with Crippen LogP contribution < -0.4 is 5.32 Å². The van der Waals surface area contributed by atoms with Crippen molar-refractivity contribution in [3.8, 4) is 0 Å². The molecule has 3 unspecified atom stereocenters. The Hall–Kier alpha value is -0.940. The molecule has 3 atom stereocenters. The van der Waals surface area contributed by atoms with E-state index in [0.717, 1.165) is 25.3 Å². The normalized spacial score (nSPS) is 30.5. The largest absolute Gasteiger partial charge is 0.373 e. The summed E-state index contributed by atoms with van der Waals surface area (Å²) in [7, 11) is 0. The summed E-state index contributed by atoms with van der Waals surface area (Å²) < 4.78 is 7.85. The molecule has 2 saturated heterocycles. The zero-order valence-corrected chi connectivity index (χ0v) is 11.2. The van der Waals surface area contributed by atoms with E-state index in [1.165, 1.54) is 12.8 Å². The molecule has 0 aromatic carbocycles. The summed E-state index contributed by atoms with van der Waals surface area (Å²) in [5.74, 6) is 1.63. The van der Waals surface area contributed by atoms with Gasteiger partial charge in [0.15, 0.2) is 0 Å². The molecule has 5 nitrogen and oxygen atoms in total. The minimum Gasteiger partial charge on any atom is -0.373 e. The third kappa shape index (κ3) is 2.42. The molecule has 2 fully saturated rings. The number of nitrogens with one attached hydrogen (secondary N) is 1. The first kappa shape index (κ1) is 12.1. The smallest absolute Gasteiger partial charge is 0.140 e. The Bertz CT molecular complexity index is 403. The van der Waals surface area contributed by atoms with Gasteiger partial charge in [0.1, 0.15) is 12.2 Å². The van der Waals surface area contributed by atoms with Crippen LogP contribution in [0.2, 0.25) is 0 Å². The summed E-state index contributed by atoms with van der Waals surface area (Å²) in [6.07, 6.45) is 6.19. The molecule has 1 aromatic rings. The predicted molar refractivity (Wildman–Crippen MR) is 68.0 cm³/mol. The van der Waals surface area contributed by atoms with Crippen molar-refractivity contribution in [2.24, 2.45) is 5.92 Å². The summed E-state index contributed by atoms with van der Waals surface area (Å²) in [5.41, 5.74) is 0. The van der Waals surface area contributed by atoms with Gasteiger partial charge in [0, 0.05) is 12.6 Å². The zero-order chi connectivity index (χ0) is 12.5. The molecule has 2 aliphatic rings. The van der Waals surface area contributed by atoms with Crippen LogP contribution >= 0.6 is 0 Å². The molecule has 18 heavy (non-hydrogen) atoms. The highest BCUT2D eigenvalue weighted by atomic mass is 16.5. The van der Waals surface area contributed by atoms with Crippen LogP contribution in [0.15, 0.2) is 6.33 Å². The van der Waals surface area contributed by atoms with Gasteiger partial charge in [-0.15, -0.1) is 0 Å². The van der Waals surface area contributed by atoms with Crippen molar-refractivity contribution in [3.63, 3.8) is 0 Å². The second kappa shape index (κ2) is 4.97. The third-order valence-corrected chi connectivity index (χ3v) is 3.86. The molecule has 3 rings (SSSR count). The highest BCUT2D eigenvalue weighted by Crippen LogP contribution is 2.34. The zero-order valence-electron chi connectivity index (χ0n) is 11.2. The number of nitrogens with zero attached hydrogens (tertiary/aromatic N) is 3. The summed E-state index contributed by atoms with van der Waals surface area (Å²) in [6.45, 7) is 6.12. The summed E-state index contributed by atoms with van der Waals surface area (Å²) in [6, 6.07) is 0.507. The Morgan fingerprint density at radius 1 is 1.50 bits per heavy atom. The molecule has 0 radical (unpaired) electrons.